The van der Waals surface area contributed by atoms with Crippen LogP contribution in [0.1, 0.15) is 31.9 Å². The van der Waals surface area contributed by atoms with E-state index in [-0.39, 0.29) is 0 Å². The van der Waals surface area contributed by atoms with E-state index in [0.717, 1.165) is 24.6 Å². The largest absolute Gasteiger partial charge is 0.417 e. The molecule has 1 amide bonds. The molecule has 0 bridgehead atoms. The van der Waals surface area contributed by atoms with Crippen molar-refractivity contribution in [3.05, 3.63) is 35.3 Å². The molecule has 2 aromatic rings. The number of ether oxygens (including phenoxy) is 1. The van der Waals surface area contributed by atoms with Crippen molar-refractivity contribution in [3.8, 4) is 5.06 Å². The zero-order valence-electron chi connectivity index (χ0n) is 15.9. The van der Waals surface area contributed by atoms with Gasteiger partial charge in [-0.15, -0.1) is 11.3 Å². The number of likely N-dealkylation sites (tertiary alicyclic amines) is 1. The average Bonchev–Trinajstić information content (AvgIpc) is 3.38. The van der Waals surface area contributed by atoms with Crippen molar-refractivity contribution >= 4 is 28.9 Å². The molecule has 27 heavy (non-hydrogen) atoms. The third-order valence-corrected chi connectivity index (χ3v) is 6.30. The van der Waals surface area contributed by atoms with Crippen molar-refractivity contribution in [2.24, 2.45) is 0 Å². The van der Waals surface area contributed by atoms with Gasteiger partial charge in [-0.25, -0.2) is 9.78 Å². The molecule has 2 aliphatic rings. The summed E-state index contributed by atoms with van der Waals surface area (Å²) >= 11 is 1.39. The predicted molar refractivity (Wildman–Crippen MR) is 109 cm³/mol. The van der Waals surface area contributed by atoms with Crippen molar-refractivity contribution in [2.45, 2.75) is 45.2 Å². The Labute approximate surface area is 164 Å². The van der Waals surface area contributed by atoms with Gasteiger partial charge < -0.3 is 9.64 Å². The van der Waals surface area contributed by atoms with E-state index in [1.54, 1.807) is 6.07 Å². The van der Waals surface area contributed by atoms with Crippen molar-refractivity contribution in [1.82, 2.24) is 9.88 Å². The number of carbonyl (C=O) groups excluding carboxylic acids is 1. The maximum absolute atomic E-state index is 12.0. The monoisotopic (exact) mass is 386 g/mol. The Balaban J connectivity index is 1.37. The maximum Gasteiger partial charge on any atom is 0.417 e. The lowest BCUT2D eigenvalue weighted by Gasteiger charge is -2.28. The van der Waals surface area contributed by atoms with Gasteiger partial charge in [-0.1, -0.05) is 0 Å². The Bertz CT molecular complexity index is 795. The van der Waals surface area contributed by atoms with E-state index in [1.165, 1.54) is 37.1 Å². The number of rotatable bonds is 4. The first kappa shape index (κ1) is 18.3. The molecule has 2 aliphatic heterocycles. The third-order valence-electron chi connectivity index (χ3n) is 5.56. The van der Waals surface area contributed by atoms with Gasteiger partial charge in [0.25, 0.3) is 0 Å². The molecular weight excluding hydrogens is 360 g/mol. The summed E-state index contributed by atoms with van der Waals surface area (Å²) in [6.45, 7) is 7.55. The number of thiophene rings is 1. The number of hydrogen-bond acceptors (Lipinski definition) is 6. The minimum absolute atomic E-state index is 0.487. The van der Waals surface area contributed by atoms with Gasteiger partial charge in [-0.3, -0.25) is 10.2 Å². The van der Waals surface area contributed by atoms with Crippen LogP contribution in [0.4, 0.5) is 16.3 Å². The number of anilines is 2. The molecular formula is C20H26N4O2S. The predicted octanol–water partition coefficient (Wildman–Crippen LogP) is 4.13. The number of aryl methyl sites for hydroxylation is 1. The van der Waals surface area contributed by atoms with E-state index >= 15 is 0 Å². The molecule has 0 radical (unpaired) electrons. The minimum atomic E-state index is -0.487. The van der Waals surface area contributed by atoms with E-state index in [1.807, 2.05) is 30.5 Å². The molecule has 0 saturated carbocycles. The molecule has 0 spiro atoms. The molecule has 4 heterocycles. The standard InChI is InChI=1S/C20H26N4O2S/c1-14-5-3-10-24(14)16-9-11-23(13-16)18-8-7-17(15(2)21-18)22-20(25)26-19-6-4-12-27-19/h4,6-8,12,14,16H,3,5,9-11,13H2,1-2H3,(H,22,25)/t14-,16+/m0/s1. The fraction of sp³-hybridized carbons (Fsp3) is 0.500. The van der Waals surface area contributed by atoms with Crippen LogP contribution in [0, 0.1) is 6.92 Å². The van der Waals surface area contributed by atoms with E-state index in [0.29, 0.717) is 22.8 Å². The van der Waals surface area contributed by atoms with Crippen LogP contribution in [-0.2, 0) is 0 Å². The Kier molecular flexibility index (Phi) is 5.31. The third kappa shape index (κ3) is 4.09. The summed E-state index contributed by atoms with van der Waals surface area (Å²) in [5.74, 6) is 0.985. The van der Waals surface area contributed by atoms with Gasteiger partial charge in [0.05, 0.1) is 11.4 Å². The van der Waals surface area contributed by atoms with Gasteiger partial charge in [0, 0.05) is 25.2 Å². The number of hydrogen-bond donors (Lipinski definition) is 1. The highest BCUT2D eigenvalue weighted by molar-refractivity contribution is 7.11. The Morgan fingerprint density at radius 2 is 2.19 bits per heavy atom. The molecule has 0 aliphatic carbocycles. The first-order chi connectivity index (χ1) is 13.1. The first-order valence-electron chi connectivity index (χ1n) is 9.61. The summed E-state index contributed by atoms with van der Waals surface area (Å²) < 4.78 is 5.25. The highest BCUT2D eigenvalue weighted by Crippen LogP contribution is 2.28. The zero-order chi connectivity index (χ0) is 18.8. The van der Waals surface area contributed by atoms with Crippen molar-refractivity contribution in [2.75, 3.05) is 29.9 Å². The van der Waals surface area contributed by atoms with Crippen LogP contribution in [0.2, 0.25) is 0 Å². The molecule has 6 nitrogen and oxygen atoms in total. The van der Waals surface area contributed by atoms with Crippen LogP contribution in [0.25, 0.3) is 0 Å². The Morgan fingerprint density at radius 3 is 2.89 bits per heavy atom. The van der Waals surface area contributed by atoms with E-state index in [4.69, 9.17) is 9.72 Å². The number of nitrogens with one attached hydrogen (secondary N) is 1. The molecule has 2 saturated heterocycles. The normalized spacial score (nSPS) is 23.0. The van der Waals surface area contributed by atoms with Crippen LogP contribution < -0.4 is 15.0 Å². The summed E-state index contributed by atoms with van der Waals surface area (Å²) in [7, 11) is 0. The summed E-state index contributed by atoms with van der Waals surface area (Å²) in [5.41, 5.74) is 1.48. The van der Waals surface area contributed by atoms with Gasteiger partial charge in [0.1, 0.15) is 5.82 Å². The zero-order valence-corrected chi connectivity index (χ0v) is 16.7. The second-order valence-electron chi connectivity index (χ2n) is 7.37. The van der Waals surface area contributed by atoms with Crippen LogP contribution >= 0.6 is 11.3 Å². The number of carbonyl (C=O) groups is 1. The van der Waals surface area contributed by atoms with Gasteiger partial charge >= 0.3 is 6.09 Å². The topological polar surface area (TPSA) is 57.7 Å². The lowest BCUT2D eigenvalue weighted by atomic mass is 10.2. The highest BCUT2D eigenvalue weighted by atomic mass is 32.1. The molecule has 2 fully saturated rings. The van der Waals surface area contributed by atoms with E-state index in [2.05, 4.69) is 22.0 Å². The van der Waals surface area contributed by atoms with E-state index < -0.39 is 6.09 Å². The molecule has 144 valence electrons. The summed E-state index contributed by atoms with van der Waals surface area (Å²) in [4.78, 5) is 21.8. The SMILES string of the molecule is Cc1nc(N2CC[C@@H](N3CCC[C@@H]3C)C2)ccc1NC(=O)Oc1cccs1. The van der Waals surface area contributed by atoms with Crippen LogP contribution in [0.15, 0.2) is 29.6 Å². The number of aromatic nitrogens is 1. The molecule has 2 atom stereocenters. The maximum atomic E-state index is 12.0. The molecule has 2 aromatic heterocycles. The molecule has 7 heteroatoms. The lowest BCUT2D eigenvalue weighted by molar-refractivity contribution is 0.204. The Morgan fingerprint density at radius 1 is 1.30 bits per heavy atom. The van der Waals surface area contributed by atoms with Gasteiger partial charge in [0.2, 0.25) is 0 Å². The second-order valence-corrected chi connectivity index (χ2v) is 8.28. The van der Waals surface area contributed by atoms with Crippen LogP contribution in [-0.4, -0.2) is 47.7 Å². The van der Waals surface area contributed by atoms with Gasteiger partial charge in [-0.2, -0.15) is 0 Å². The average molecular weight is 387 g/mol. The summed E-state index contributed by atoms with van der Waals surface area (Å²) in [5, 5.41) is 5.23. The second kappa shape index (κ2) is 7.86. The summed E-state index contributed by atoms with van der Waals surface area (Å²) in [6.07, 6.45) is 3.34. The smallest absolute Gasteiger partial charge is 0.399 e. The fourth-order valence-electron chi connectivity index (χ4n) is 4.12. The van der Waals surface area contributed by atoms with Crippen molar-refractivity contribution < 1.29 is 9.53 Å². The molecule has 0 unspecified atom stereocenters. The van der Waals surface area contributed by atoms with Gasteiger partial charge in [-0.05, 0) is 69.3 Å². The van der Waals surface area contributed by atoms with Gasteiger partial charge in [0.15, 0.2) is 5.06 Å². The number of nitrogens with zero attached hydrogens (tertiary/aromatic N) is 3. The van der Waals surface area contributed by atoms with Crippen LogP contribution in [0.5, 0.6) is 5.06 Å². The highest BCUT2D eigenvalue weighted by Gasteiger charge is 2.33. The number of amides is 1. The number of pyridine rings is 1. The molecule has 0 aromatic carbocycles. The lowest BCUT2D eigenvalue weighted by Crippen LogP contribution is -2.39. The van der Waals surface area contributed by atoms with Crippen molar-refractivity contribution in [3.63, 3.8) is 0 Å². The quantitative estimate of drug-likeness (QED) is 0.856. The summed E-state index contributed by atoms with van der Waals surface area (Å²) in [6, 6.07) is 8.85. The Hall–Kier alpha value is -2.12. The fourth-order valence-corrected chi connectivity index (χ4v) is 4.70. The van der Waals surface area contributed by atoms with E-state index in [9.17, 15) is 4.79 Å². The van der Waals surface area contributed by atoms with Crippen LogP contribution in [0.3, 0.4) is 0 Å². The minimum Gasteiger partial charge on any atom is -0.399 e. The molecule has 4 rings (SSSR count). The first-order valence-corrected chi connectivity index (χ1v) is 10.5. The molecule has 1 N–H and O–H groups in total. The van der Waals surface area contributed by atoms with Crippen molar-refractivity contribution in [1.29, 1.82) is 0 Å².